The Balaban J connectivity index is 3.14. The predicted octanol–water partition coefficient (Wildman–Crippen LogP) is 2.69. The van der Waals surface area contributed by atoms with Crippen LogP contribution in [0.25, 0.3) is 0 Å². The molecular formula is C14H16N2O2. The lowest BCUT2D eigenvalue weighted by molar-refractivity contribution is -0.121. The largest absolute Gasteiger partial charge is 0.324 e. The number of hydrogen-bond acceptors (Lipinski definition) is 3. The summed E-state index contributed by atoms with van der Waals surface area (Å²) in [5.41, 5.74) is 0.614. The van der Waals surface area contributed by atoms with Crippen molar-refractivity contribution < 1.29 is 9.59 Å². The van der Waals surface area contributed by atoms with Gasteiger partial charge in [0.1, 0.15) is 5.41 Å². The number of nitrogens with zero attached hydrogens (tertiary/aromatic N) is 1. The van der Waals surface area contributed by atoms with Crippen molar-refractivity contribution in [3.63, 3.8) is 0 Å². The van der Waals surface area contributed by atoms with E-state index < -0.39 is 11.3 Å². The molecule has 0 aliphatic rings. The minimum Gasteiger partial charge on any atom is -0.324 e. The van der Waals surface area contributed by atoms with E-state index in [1.807, 2.05) is 19.1 Å². The van der Waals surface area contributed by atoms with E-state index in [1.165, 1.54) is 20.8 Å². The number of carbonyl (C=O) groups excluding carboxylic acids is 2. The topological polar surface area (TPSA) is 70.0 Å². The average Bonchev–Trinajstić information content (AvgIpc) is 2.28. The molecule has 0 atom stereocenters. The van der Waals surface area contributed by atoms with E-state index in [2.05, 4.69) is 5.32 Å². The molecule has 0 heterocycles. The Kier molecular flexibility index (Phi) is 3.87. The fraction of sp³-hybridized carbons (Fsp3) is 0.357. The van der Waals surface area contributed by atoms with Gasteiger partial charge in [-0.05, 0) is 39.3 Å². The summed E-state index contributed by atoms with van der Waals surface area (Å²) in [6, 6.07) is 7.16. The minimum atomic E-state index is -1.13. The number of benzene rings is 1. The Morgan fingerprint density at radius 3 is 2.44 bits per heavy atom. The lowest BCUT2D eigenvalue weighted by atomic mass is 9.94. The molecular weight excluding hydrogens is 228 g/mol. The molecule has 1 rings (SSSR count). The molecule has 0 aromatic heterocycles. The zero-order valence-corrected chi connectivity index (χ0v) is 11.0. The summed E-state index contributed by atoms with van der Waals surface area (Å²) in [5.74, 6) is -0.531. The Labute approximate surface area is 107 Å². The van der Waals surface area contributed by atoms with Gasteiger partial charge in [0.2, 0.25) is 5.91 Å². The molecule has 0 spiro atoms. The Hall–Kier alpha value is -2.15. The lowest BCUT2D eigenvalue weighted by Crippen LogP contribution is -2.29. The van der Waals surface area contributed by atoms with Gasteiger partial charge in [0.15, 0.2) is 5.78 Å². The van der Waals surface area contributed by atoms with Crippen LogP contribution in [0.15, 0.2) is 18.2 Å². The van der Waals surface area contributed by atoms with Crippen molar-refractivity contribution in [1.82, 2.24) is 0 Å². The average molecular weight is 244 g/mol. The standard InChI is InChI=1S/C14H16N2O2/c1-9-6-5-7-11(12(9)10(2)17)16-13(18)14(3,4)8-15/h5-7H,1-4H3,(H,16,18). The van der Waals surface area contributed by atoms with Gasteiger partial charge < -0.3 is 5.32 Å². The van der Waals surface area contributed by atoms with E-state index >= 15 is 0 Å². The second kappa shape index (κ2) is 5.01. The number of nitrogens with one attached hydrogen (secondary N) is 1. The summed E-state index contributed by atoms with van der Waals surface area (Å²) in [4.78, 5) is 23.5. The summed E-state index contributed by atoms with van der Waals surface area (Å²) in [5, 5.41) is 11.5. The van der Waals surface area contributed by atoms with Gasteiger partial charge in [0.05, 0.1) is 11.8 Å². The maximum atomic E-state index is 11.9. The summed E-state index contributed by atoms with van der Waals surface area (Å²) >= 11 is 0. The van der Waals surface area contributed by atoms with E-state index in [0.717, 1.165) is 5.56 Å². The van der Waals surface area contributed by atoms with Crippen molar-refractivity contribution in [3.8, 4) is 6.07 Å². The summed E-state index contributed by atoms with van der Waals surface area (Å²) in [7, 11) is 0. The maximum Gasteiger partial charge on any atom is 0.244 e. The van der Waals surface area contributed by atoms with E-state index in [0.29, 0.717) is 11.3 Å². The fourth-order valence-electron chi connectivity index (χ4n) is 1.57. The van der Waals surface area contributed by atoms with Crippen LogP contribution in [-0.4, -0.2) is 11.7 Å². The summed E-state index contributed by atoms with van der Waals surface area (Å²) in [6.07, 6.45) is 0. The molecule has 0 radical (unpaired) electrons. The number of carbonyl (C=O) groups is 2. The predicted molar refractivity (Wildman–Crippen MR) is 69.2 cm³/mol. The van der Waals surface area contributed by atoms with Gasteiger partial charge in [0.25, 0.3) is 0 Å². The SMILES string of the molecule is CC(=O)c1c(C)cccc1NC(=O)C(C)(C)C#N. The third-order valence-electron chi connectivity index (χ3n) is 2.72. The Morgan fingerprint density at radius 1 is 1.33 bits per heavy atom. The van der Waals surface area contributed by atoms with Gasteiger partial charge in [-0.1, -0.05) is 12.1 Å². The van der Waals surface area contributed by atoms with Crippen LogP contribution in [0.3, 0.4) is 0 Å². The molecule has 4 nitrogen and oxygen atoms in total. The normalized spacial score (nSPS) is 10.6. The molecule has 0 saturated carbocycles. The molecule has 4 heteroatoms. The zero-order valence-electron chi connectivity index (χ0n) is 11.0. The number of Topliss-reactive ketones (excluding diaryl/α,β-unsaturated/α-hetero) is 1. The van der Waals surface area contributed by atoms with E-state index in [4.69, 9.17) is 5.26 Å². The number of nitriles is 1. The molecule has 0 saturated heterocycles. The lowest BCUT2D eigenvalue weighted by Gasteiger charge is -2.17. The molecule has 1 amide bonds. The van der Waals surface area contributed by atoms with Crippen LogP contribution in [-0.2, 0) is 4.79 Å². The molecule has 1 N–H and O–H groups in total. The first-order chi connectivity index (χ1) is 8.29. The molecule has 1 aromatic carbocycles. The maximum absolute atomic E-state index is 11.9. The number of ketones is 1. The van der Waals surface area contributed by atoms with Gasteiger partial charge in [-0.2, -0.15) is 5.26 Å². The van der Waals surface area contributed by atoms with E-state index in [1.54, 1.807) is 12.1 Å². The molecule has 1 aromatic rings. The van der Waals surface area contributed by atoms with E-state index in [9.17, 15) is 9.59 Å². The molecule has 0 bridgehead atoms. The van der Waals surface area contributed by atoms with Crippen LogP contribution >= 0.6 is 0 Å². The minimum absolute atomic E-state index is 0.113. The second-order valence-corrected chi connectivity index (χ2v) is 4.74. The van der Waals surface area contributed by atoms with Gasteiger partial charge in [-0.15, -0.1) is 0 Å². The van der Waals surface area contributed by atoms with Crippen LogP contribution in [0.5, 0.6) is 0 Å². The zero-order chi connectivity index (χ0) is 13.9. The third kappa shape index (κ3) is 2.75. The molecule has 0 aliphatic carbocycles. The third-order valence-corrected chi connectivity index (χ3v) is 2.72. The van der Waals surface area contributed by atoms with Gasteiger partial charge >= 0.3 is 0 Å². The van der Waals surface area contributed by atoms with Crippen LogP contribution < -0.4 is 5.32 Å². The highest BCUT2D eigenvalue weighted by Crippen LogP contribution is 2.23. The molecule has 0 unspecified atom stereocenters. The van der Waals surface area contributed by atoms with Gasteiger partial charge in [0, 0.05) is 5.56 Å². The number of amides is 1. The fourth-order valence-corrected chi connectivity index (χ4v) is 1.57. The first kappa shape index (κ1) is 13.9. The molecule has 0 aliphatic heterocycles. The Morgan fingerprint density at radius 2 is 1.94 bits per heavy atom. The van der Waals surface area contributed by atoms with Crippen molar-refractivity contribution in [2.45, 2.75) is 27.7 Å². The van der Waals surface area contributed by atoms with Crippen molar-refractivity contribution >= 4 is 17.4 Å². The van der Waals surface area contributed by atoms with Crippen LogP contribution in [0.4, 0.5) is 5.69 Å². The number of aryl methyl sites for hydroxylation is 1. The van der Waals surface area contributed by atoms with Crippen LogP contribution in [0.1, 0.15) is 36.7 Å². The quantitative estimate of drug-likeness (QED) is 0.831. The first-order valence-corrected chi connectivity index (χ1v) is 5.63. The highest BCUT2D eigenvalue weighted by molar-refractivity contribution is 6.06. The highest BCUT2D eigenvalue weighted by atomic mass is 16.2. The number of anilines is 1. The Bertz CT molecular complexity index is 539. The number of rotatable bonds is 3. The molecule has 94 valence electrons. The van der Waals surface area contributed by atoms with E-state index in [-0.39, 0.29) is 5.78 Å². The van der Waals surface area contributed by atoms with Crippen LogP contribution in [0.2, 0.25) is 0 Å². The molecule has 18 heavy (non-hydrogen) atoms. The van der Waals surface area contributed by atoms with Gasteiger partial charge in [-0.3, -0.25) is 9.59 Å². The molecule has 0 fully saturated rings. The summed E-state index contributed by atoms with van der Waals surface area (Å²) in [6.45, 7) is 6.33. The smallest absolute Gasteiger partial charge is 0.244 e. The summed E-state index contributed by atoms with van der Waals surface area (Å²) < 4.78 is 0. The first-order valence-electron chi connectivity index (χ1n) is 5.63. The van der Waals surface area contributed by atoms with Crippen molar-refractivity contribution in [1.29, 1.82) is 5.26 Å². The number of hydrogen-bond donors (Lipinski definition) is 1. The van der Waals surface area contributed by atoms with Crippen molar-refractivity contribution in [2.75, 3.05) is 5.32 Å². The van der Waals surface area contributed by atoms with Crippen LogP contribution in [0, 0.1) is 23.7 Å². The van der Waals surface area contributed by atoms with Crippen molar-refractivity contribution in [2.24, 2.45) is 5.41 Å². The van der Waals surface area contributed by atoms with Crippen molar-refractivity contribution in [3.05, 3.63) is 29.3 Å². The highest BCUT2D eigenvalue weighted by Gasteiger charge is 2.28. The second-order valence-electron chi connectivity index (χ2n) is 4.74. The monoisotopic (exact) mass is 244 g/mol. The van der Waals surface area contributed by atoms with Gasteiger partial charge in [-0.25, -0.2) is 0 Å².